The van der Waals surface area contributed by atoms with Gasteiger partial charge in [-0.1, -0.05) is 17.7 Å². The molecule has 0 bridgehead atoms. The Balaban J connectivity index is 2.91. The van der Waals surface area contributed by atoms with Gasteiger partial charge in [0.1, 0.15) is 5.75 Å². The number of aliphatic hydroxyl groups is 1. The van der Waals surface area contributed by atoms with Crippen LogP contribution < -0.4 is 4.74 Å². The van der Waals surface area contributed by atoms with E-state index in [0.717, 1.165) is 0 Å². The van der Waals surface area contributed by atoms with Crippen molar-refractivity contribution in [1.82, 2.24) is 0 Å². The van der Waals surface area contributed by atoms with Crippen molar-refractivity contribution in [1.29, 1.82) is 0 Å². The molecule has 1 N–H and O–H groups in total. The molecule has 1 aromatic carbocycles. The summed E-state index contributed by atoms with van der Waals surface area (Å²) in [6, 6.07) is 4.67. The summed E-state index contributed by atoms with van der Waals surface area (Å²) in [6.07, 6.45) is -1.36. The Morgan fingerprint density at radius 2 is 2.25 bits per heavy atom. The van der Waals surface area contributed by atoms with Crippen LogP contribution in [0.15, 0.2) is 18.2 Å². The zero-order valence-corrected chi connectivity index (χ0v) is 9.82. The van der Waals surface area contributed by atoms with Gasteiger partial charge in [-0.15, -0.1) is 0 Å². The second-order valence-electron chi connectivity index (χ2n) is 3.04. The first-order valence-electron chi connectivity index (χ1n) is 4.78. The molecule has 0 saturated carbocycles. The summed E-state index contributed by atoms with van der Waals surface area (Å²) in [4.78, 5) is 11.3. The Morgan fingerprint density at radius 3 is 2.75 bits per heavy atom. The van der Waals surface area contributed by atoms with E-state index in [0.29, 0.717) is 11.3 Å². The number of methoxy groups -OCH3 is 1. The van der Waals surface area contributed by atoms with Gasteiger partial charge in [-0.25, -0.2) is 4.79 Å². The monoisotopic (exact) mass is 244 g/mol. The van der Waals surface area contributed by atoms with E-state index in [-0.39, 0.29) is 11.6 Å². The molecule has 0 radical (unpaired) electrons. The van der Waals surface area contributed by atoms with Crippen molar-refractivity contribution < 1.29 is 19.4 Å². The molecule has 1 aromatic rings. The van der Waals surface area contributed by atoms with Gasteiger partial charge < -0.3 is 14.6 Å². The first kappa shape index (κ1) is 12.8. The predicted molar refractivity (Wildman–Crippen MR) is 59.6 cm³/mol. The summed E-state index contributed by atoms with van der Waals surface area (Å²) in [6.45, 7) is 1.88. The van der Waals surface area contributed by atoms with Crippen LogP contribution in [0, 0.1) is 0 Å². The van der Waals surface area contributed by atoms with Gasteiger partial charge in [0.2, 0.25) is 0 Å². The number of carbonyl (C=O) groups excluding carboxylic acids is 1. The third-order valence-electron chi connectivity index (χ3n) is 2.01. The summed E-state index contributed by atoms with van der Waals surface area (Å²) in [5.74, 6) is -0.153. The van der Waals surface area contributed by atoms with E-state index in [1.54, 1.807) is 13.0 Å². The number of halogens is 1. The molecule has 16 heavy (non-hydrogen) atoms. The Kier molecular flexibility index (Phi) is 4.58. The largest absolute Gasteiger partial charge is 0.497 e. The molecule has 1 atom stereocenters. The average molecular weight is 245 g/mol. The third-order valence-corrected chi connectivity index (χ3v) is 2.34. The summed E-state index contributed by atoms with van der Waals surface area (Å²) in [7, 11) is 1.51. The Bertz CT molecular complexity index is 378. The van der Waals surface area contributed by atoms with E-state index < -0.39 is 12.1 Å². The number of benzene rings is 1. The molecule has 0 aromatic heterocycles. The minimum absolute atomic E-state index is 0.212. The highest BCUT2D eigenvalue weighted by Gasteiger charge is 2.21. The van der Waals surface area contributed by atoms with E-state index in [1.165, 1.54) is 19.2 Å². The lowest BCUT2D eigenvalue weighted by molar-refractivity contribution is -0.153. The molecule has 0 aliphatic heterocycles. The first-order valence-corrected chi connectivity index (χ1v) is 5.16. The lowest BCUT2D eigenvalue weighted by Crippen LogP contribution is -2.15. The Hall–Kier alpha value is -1.26. The Morgan fingerprint density at radius 1 is 1.56 bits per heavy atom. The molecule has 5 heteroatoms. The number of ether oxygens (including phenoxy) is 2. The van der Waals surface area contributed by atoms with Crippen molar-refractivity contribution in [3.8, 4) is 5.75 Å². The van der Waals surface area contributed by atoms with Crippen LogP contribution in [0.1, 0.15) is 18.6 Å². The molecule has 0 amide bonds. The molecule has 0 spiro atoms. The molecule has 88 valence electrons. The van der Waals surface area contributed by atoms with Crippen LogP contribution in [-0.2, 0) is 9.53 Å². The SMILES string of the molecule is CCOC(=O)C(O)c1ccc(OC)cc1Cl. The van der Waals surface area contributed by atoms with E-state index in [9.17, 15) is 9.90 Å². The van der Waals surface area contributed by atoms with E-state index >= 15 is 0 Å². The maximum absolute atomic E-state index is 11.3. The molecule has 1 rings (SSSR count). The van der Waals surface area contributed by atoms with Gasteiger partial charge in [0.25, 0.3) is 0 Å². The van der Waals surface area contributed by atoms with Crippen molar-refractivity contribution >= 4 is 17.6 Å². The Labute approximate surface area is 98.7 Å². The highest BCUT2D eigenvalue weighted by molar-refractivity contribution is 6.31. The smallest absolute Gasteiger partial charge is 0.339 e. The van der Waals surface area contributed by atoms with E-state index in [1.807, 2.05) is 0 Å². The van der Waals surface area contributed by atoms with E-state index in [2.05, 4.69) is 0 Å². The van der Waals surface area contributed by atoms with Gasteiger partial charge in [-0.3, -0.25) is 0 Å². The van der Waals surface area contributed by atoms with Crippen LogP contribution in [0.25, 0.3) is 0 Å². The fraction of sp³-hybridized carbons (Fsp3) is 0.364. The van der Waals surface area contributed by atoms with Crippen molar-refractivity contribution in [3.05, 3.63) is 28.8 Å². The minimum atomic E-state index is -1.36. The van der Waals surface area contributed by atoms with Crippen LogP contribution in [0.5, 0.6) is 5.75 Å². The lowest BCUT2D eigenvalue weighted by atomic mass is 10.1. The maximum atomic E-state index is 11.3. The van der Waals surface area contributed by atoms with Crippen molar-refractivity contribution in [3.63, 3.8) is 0 Å². The van der Waals surface area contributed by atoms with Gasteiger partial charge in [0.15, 0.2) is 6.10 Å². The lowest BCUT2D eigenvalue weighted by Gasteiger charge is -2.12. The third kappa shape index (κ3) is 2.87. The minimum Gasteiger partial charge on any atom is -0.497 e. The topological polar surface area (TPSA) is 55.8 Å². The van der Waals surface area contributed by atoms with Crippen molar-refractivity contribution in [2.24, 2.45) is 0 Å². The predicted octanol–water partition coefficient (Wildman–Crippen LogP) is 1.95. The van der Waals surface area contributed by atoms with Crippen LogP contribution >= 0.6 is 11.6 Å². The molecule has 4 nitrogen and oxygen atoms in total. The van der Waals surface area contributed by atoms with Crippen molar-refractivity contribution in [2.75, 3.05) is 13.7 Å². The number of rotatable bonds is 4. The van der Waals surface area contributed by atoms with Gasteiger partial charge in [0.05, 0.1) is 18.7 Å². The molecule has 0 fully saturated rings. The quantitative estimate of drug-likeness (QED) is 0.823. The number of aliphatic hydroxyl groups excluding tert-OH is 1. The van der Waals surface area contributed by atoms with Crippen molar-refractivity contribution in [2.45, 2.75) is 13.0 Å². The number of carbonyl (C=O) groups is 1. The van der Waals surface area contributed by atoms with Gasteiger partial charge >= 0.3 is 5.97 Å². The van der Waals surface area contributed by atoms with Gasteiger partial charge in [-0.05, 0) is 19.1 Å². The molecule has 0 saturated heterocycles. The van der Waals surface area contributed by atoms with Crippen LogP contribution in [0.2, 0.25) is 5.02 Å². The maximum Gasteiger partial charge on any atom is 0.339 e. The zero-order chi connectivity index (χ0) is 12.1. The van der Waals surface area contributed by atoms with Crippen LogP contribution in [-0.4, -0.2) is 24.8 Å². The molecular weight excluding hydrogens is 232 g/mol. The molecule has 1 unspecified atom stereocenters. The highest BCUT2D eigenvalue weighted by Crippen LogP contribution is 2.27. The average Bonchev–Trinajstić information content (AvgIpc) is 2.28. The summed E-state index contributed by atoms with van der Waals surface area (Å²) in [5.41, 5.74) is 0.306. The van der Waals surface area contributed by atoms with E-state index in [4.69, 9.17) is 21.1 Å². The highest BCUT2D eigenvalue weighted by atomic mass is 35.5. The fourth-order valence-corrected chi connectivity index (χ4v) is 1.48. The zero-order valence-electron chi connectivity index (χ0n) is 9.07. The summed E-state index contributed by atoms with van der Waals surface area (Å²) >= 11 is 5.90. The van der Waals surface area contributed by atoms with Gasteiger partial charge in [0, 0.05) is 5.56 Å². The summed E-state index contributed by atoms with van der Waals surface area (Å²) < 4.78 is 9.65. The molecule has 0 aliphatic rings. The number of esters is 1. The standard InChI is InChI=1S/C11H13ClO4/c1-3-16-11(14)10(13)8-5-4-7(15-2)6-9(8)12/h4-6,10,13H,3H2,1-2H3. The van der Waals surface area contributed by atoms with Gasteiger partial charge in [-0.2, -0.15) is 0 Å². The first-order chi connectivity index (χ1) is 7.60. The second-order valence-corrected chi connectivity index (χ2v) is 3.45. The van der Waals surface area contributed by atoms with Crippen LogP contribution in [0.3, 0.4) is 0 Å². The fourth-order valence-electron chi connectivity index (χ4n) is 1.20. The number of hydrogen-bond acceptors (Lipinski definition) is 4. The second kappa shape index (κ2) is 5.72. The van der Waals surface area contributed by atoms with Crippen LogP contribution in [0.4, 0.5) is 0 Å². The summed E-state index contributed by atoms with van der Waals surface area (Å²) in [5, 5.41) is 9.93. The molecule has 0 heterocycles. The molecular formula is C11H13ClO4. The molecule has 0 aliphatic carbocycles. The normalized spacial score (nSPS) is 12.0. The number of hydrogen-bond donors (Lipinski definition) is 1.